The van der Waals surface area contributed by atoms with Crippen LogP contribution in [0.5, 0.6) is 0 Å². The number of benzene rings is 2. The van der Waals surface area contributed by atoms with Crippen LogP contribution < -0.4 is 0 Å². The van der Waals surface area contributed by atoms with E-state index < -0.39 is 0 Å². The van der Waals surface area contributed by atoms with Crippen molar-refractivity contribution in [1.29, 1.82) is 0 Å². The predicted molar refractivity (Wildman–Crippen MR) is 114 cm³/mol. The zero-order valence-corrected chi connectivity index (χ0v) is 19.6. The molecule has 0 radical (unpaired) electrons. The molecule has 2 aliphatic carbocycles. The van der Waals surface area contributed by atoms with E-state index in [0.717, 1.165) is 5.92 Å². The minimum absolute atomic E-state index is 0. The largest absolute Gasteiger partial charge is 0.0649 e. The molecule has 0 aliphatic heterocycles. The number of hydrogen-bond acceptors (Lipinski definition) is 0. The first-order valence-corrected chi connectivity index (χ1v) is 10.5. The molecule has 0 saturated heterocycles. The van der Waals surface area contributed by atoms with E-state index in [2.05, 4.69) is 63.2 Å². The molecule has 2 aromatic carbocycles. The van der Waals surface area contributed by atoms with E-state index in [0.29, 0.717) is 5.92 Å². The summed E-state index contributed by atoms with van der Waals surface area (Å²) < 4.78 is 0. The Bertz CT molecular complexity index is 805. The van der Waals surface area contributed by atoms with Crippen molar-refractivity contribution in [2.45, 2.75) is 71.6 Å². The summed E-state index contributed by atoms with van der Waals surface area (Å²) in [6.45, 7) is 6.81. The van der Waals surface area contributed by atoms with Crippen molar-refractivity contribution in [3.63, 3.8) is 0 Å². The van der Waals surface area contributed by atoms with Crippen molar-refractivity contribution in [3.8, 4) is 11.1 Å². The van der Waals surface area contributed by atoms with Gasteiger partial charge in [0.2, 0.25) is 0 Å². The Morgan fingerprint density at radius 3 is 2.30 bits per heavy atom. The molecule has 0 aromatic heterocycles. The van der Waals surface area contributed by atoms with Crippen LogP contribution in [-0.2, 0) is 32.6 Å². The smallest absolute Gasteiger partial charge is 0 e. The molecule has 140 valence electrons. The molecule has 0 atom stereocenters. The van der Waals surface area contributed by atoms with Crippen LogP contribution in [0.15, 0.2) is 42.0 Å². The van der Waals surface area contributed by atoms with Gasteiger partial charge in [-0.1, -0.05) is 94.0 Å². The molecule has 4 rings (SSSR count). The molecule has 0 bridgehead atoms. The van der Waals surface area contributed by atoms with Gasteiger partial charge >= 0.3 is 0 Å². The molecule has 0 unspecified atom stereocenters. The maximum atomic E-state index is 2.53. The van der Waals surface area contributed by atoms with Gasteiger partial charge in [0, 0.05) is 26.2 Å². The van der Waals surface area contributed by atoms with Crippen molar-refractivity contribution in [2.75, 3.05) is 0 Å². The Morgan fingerprint density at radius 2 is 1.63 bits per heavy atom. The zero-order valence-electron chi connectivity index (χ0n) is 17.1. The summed E-state index contributed by atoms with van der Waals surface area (Å²) in [5.41, 5.74) is 10.4. The van der Waals surface area contributed by atoms with E-state index in [-0.39, 0.29) is 26.2 Å². The fourth-order valence-electron chi connectivity index (χ4n) is 4.85. The van der Waals surface area contributed by atoms with E-state index >= 15 is 0 Å². The van der Waals surface area contributed by atoms with Crippen LogP contribution >= 0.6 is 0 Å². The third-order valence-electron chi connectivity index (χ3n) is 6.51. The van der Waals surface area contributed by atoms with Crippen LogP contribution in [0.3, 0.4) is 0 Å². The van der Waals surface area contributed by atoms with Crippen LogP contribution in [0.25, 0.3) is 17.2 Å². The van der Waals surface area contributed by atoms with Crippen molar-refractivity contribution < 1.29 is 26.2 Å². The van der Waals surface area contributed by atoms with Gasteiger partial charge in [0.15, 0.2) is 0 Å². The average Bonchev–Trinajstić information content (AvgIpc) is 3.07. The number of aryl methyl sites for hydroxylation is 1. The molecular formula is C26H32Zr. The van der Waals surface area contributed by atoms with Crippen LogP contribution in [0.2, 0.25) is 0 Å². The summed E-state index contributed by atoms with van der Waals surface area (Å²) >= 11 is 0. The maximum Gasteiger partial charge on any atom is 0 e. The summed E-state index contributed by atoms with van der Waals surface area (Å²) in [6.07, 6.45) is 12.2. The van der Waals surface area contributed by atoms with Crippen LogP contribution in [0, 0.1) is 12.8 Å². The molecular weight excluding hydrogens is 404 g/mol. The van der Waals surface area contributed by atoms with Gasteiger partial charge in [0.1, 0.15) is 0 Å². The van der Waals surface area contributed by atoms with Crippen molar-refractivity contribution in [3.05, 3.63) is 64.2 Å². The third-order valence-corrected chi connectivity index (χ3v) is 6.51. The molecule has 0 heterocycles. The Kier molecular flexibility index (Phi) is 6.96. The maximum absolute atomic E-state index is 2.53. The summed E-state index contributed by atoms with van der Waals surface area (Å²) in [4.78, 5) is 0. The van der Waals surface area contributed by atoms with Gasteiger partial charge in [-0.05, 0) is 65.0 Å². The van der Waals surface area contributed by atoms with E-state index in [1.54, 1.807) is 11.1 Å². The number of hydrogen-bond donors (Lipinski definition) is 0. The second kappa shape index (κ2) is 9.04. The topological polar surface area (TPSA) is 0 Å². The summed E-state index contributed by atoms with van der Waals surface area (Å²) in [7, 11) is 0. The van der Waals surface area contributed by atoms with Crippen molar-refractivity contribution in [2.24, 2.45) is 5.92 Å². The van der Waals surface area contributed by atoms with Gasteiger partial charge in [0.05, 0.1) is 0 Å². The first-order valence-electron chi connectivity index (χ1n) is 10.5. The fourth-order valence-corrected chi connectivity index (χ4v) is 4.85. The molecule has 0 amide bonds. The monoisotopic (exact) mass is 434 g/mol. The second-order valence-electron chi connectivity index (χ2n) is 8.79. The van der Waals surface area contributed by atoms with Crippen LogP contribution in [-0.4, -0.2) is 0 Å². The number of allylic oxidation sites excluding steroid dienone is 1. The minimum Gasteiger partial charge on any atom is -0.0649 e. The van der Waals surface area contributed by atoms with E-state index in [1.807, 2.05) is 0 Å². The molecule has 1 fully saturated rings. The van der Waals surface area contributed by atoms with E-state index in [9.17, 15) is 0 Å². The van der Waals surface area contributed by atoms with Gasteiger partial charge in [-0.3, -0.25) is 0 Å². The van der Waals surface area contributed by atoms with E-state index in [4.69, 9.17) is 0 Å². The molecule has 1 saturated carbocycles. The molecule has 0 N–H and O–H groups in total. The average molecular weight is 436 g/mol. The van der Waals surface area contributed by atoms with E-state index in [1.165, 1.54) is 72.8 Å². The van der Waals surface area contributed by atoms with Gasteiger partial charge in [-0.25, -0.2) is 0 Å². The Labute approximate surface area is 184 Å². The molecule has 27 heavy (non-hydrogen) atoms. The predicted octanol–water partition coefficient (Wildman–Crippen LogP) is 7.69. The van der Waals surface area contributed by atoms with Crippen LogP contribution in [0.4, 0.5) is 0 Å². The Morgan fingerprint density at radius 1 is 0.926 bits per heavy atom. The molecule has 1 heteroatoms. The Balaban J connectivity index is 0.00000210. The summed E-state index contributed by atoms with van der Waals surface area (Å²) in [5, 5.41) is 0. The first-order chi connectivity index (χ1) is 12.6. The van der Waals surface area contributed by atoms with Crippen molar-refractivity contribution >= 4 is 6.08 Å². The zero-order chi connectivity index (χ0) is 18.1. The quantitative estimate of drug-likeness (QED) is 0.461. The number of fused-ring (bicyclic) bond motifs is 1. The third kappa shape index (κ3) is 4.56. The standard InChI is InChI=1S/C26H32.Zr/c1-18(2)22-10-12-23(13-11-22)24-14-9-19(3)25-16-21(17-26(24)25)15-20-7-5-4-6-8-20;/h9-14,17-18,20H,4-8,15-16H2,1-3H3;. The van der Waals surface area contributed by atoms with Gasteiger partial charge in [0.25, 0.3) is 0 Å². The van der Waals surface area contributed by atoms with Gasteiger partial charge < -0.3 is 0 Å². The Hall–Kier alpha value is -0.937. The SMILES string of the molecule is Cc1ccc(-c2ccc(C(C)C)cc2)c2c1CC(CC1CCCCC1)=C2.[Zr]. The molecule has 0 spiro atoms. The first kappa shape index (κ1) is 20.8. The molecule has 2 aliphatic rings. The van der Waals surface area contributed by atoms with Crippen molar-refractivity contribution in [1.82, 2.24) is 0 Å². The summed E-state index contributed by atoms with van der Waals surface area (Å²) in [5.74, 6) is 1.52. The van der Waals surface area contributed by atoms with Gasteiger partial charge in [-0.2, -0.15) is 0 Å². The second-order valence-corrected chi connectivity index (χ2v) is 8.79. The molecule has 2 aromatic rings. The number of rotatable bonds is 4. The van der Waals surface area contributed by atoms with Crippen LogP contribution in [0.1, 0.15) is 80.5 Å². The minimum atomic E-state index is 0. The normalized spacial score (nSPS) is 16.8. The van der Waals surface area contributed by atoms with Gasteiger partial charge in [-0.15, -0.1) is 0 Å². The fraction of sp³-hybridized carbons (Fsp3) is 0.462. The molecule has 0 nitrogen and oxygen atoms in total. The summed E-state index contributed by atoms with van der Waals surface area (Å²) in [6, 6.07) is 13.9.